The molecule has 2 aliphatic heterocycles. The molecule has 1 unspecified atom stereocenters. The Hall–Kier alpha value is -4.13. The van der Waals surface area contributed by atoms with Gasteiger partial charge in [0.15, 0.2) is 16.9 Å². The van der Waals surface area contributed by atoms with E-state index in [9.17, 15) is 14.0 Å². The highest BCUT2D eigenvalue weighted by Crippen LogP contribution is 2.41. The molecule has 2 aliphatic rings. The molecule has 0 N–H and O–H groups in total. The van der Waals surface area contributed by atoms with Gasteiger partial charge in [0.25, 0.3) is 5.91 Å². The number of ether oxygens (including phenoxy) is 2. The number of benzene rings is 3. The summed E-state index contributed by atoms with van der Waals surface area (Å²) in [6, 6.07) is 15.8. The molecule has 0 bridgehead atoms. The van der Waals surface area contributed by atoms with Crippen molar-refractivity contribution in [1.29, 1.82) is 0 Å². The number of carbonyl (C=O) groups is 1. The molecule has 1 atom stereocenters. The summed E-state index contributed by atoms with van der Waals surface area (Å²) >= 11 is 0. The lowest BCUT2D eigenvalue weighted by Gasteiger charge is -2.25. The Labute approximate surface area is 187 Å². The Balaban J connectivity index is 1.54. The van der Waals surface area contributed by atoms with Gasteiger partial charge in [-0.3, -0.25) is 9.59 Å². The second-order valence-electron chi connectivity index (χ2n) is 8.22. The molecule has 0 aliphatic carbocycles. The smallest absolute Gasteiger partial charge is 0.291 e. The number of hydrogen-bond donors (Lipinski definition) is 0. The van der Waals surface area contributed by atoms with Crippen LogP contribution in [0.25, 0.3) is 11.0 Å². The Morgan fingerprint density at radius 1 is 1.00 bits per heavy atom. The summed E-state index contributed by atoms with van der Waals surface area (Å²) in [7, 11) is 0. The largest absolute Gasteiger partial charge is 0.454 e. The van der Waals surface area contributed by atoms with Gasteiger partial charge in [0, 0.05) is 12.1 Å². The molecule has 4 aromatic rings. The fourth-order valence-corrected chi connectivity index (χ4v) is 4.55. The molecule has 0 spiro atoms. The average molecular weight is 443 g/mol. The standard InChI is InChI=1S/C26H18FNO5/c1-14-6-8-19-17(10-14)24(29)22-23(16-4-2-3-5-18(16)27)28(26(30)25(22)33-19)12-15-7-9-20-21(11-15)32-13-31-20/h2-11,23H,12-13H2,1H3. The molecule has 6 rings (SSSR count). The van der Waals surface area contributed by atoms with Crippen molar-refractivity contribution in [3.8, 4) is 11.5 Å². The van der Waals surface area contributed by atoms with Crippen LogP contribution in [-0.4, -0.2) is 17.6 Å². The fourth-order valence-electron chi connectivity index (χ4n) is 4.55. The molecule has 0 radical (unpaired) electrons. The predicted octanol–water partition coefficient (Wildman–Crippen LogP) is 4.71. The third-order valence-corrected chi connectivity index (χ3v) is 6.11. The summed E-state index contributed by atoms with van der Waals surface area (Å²) in [5, 5.41) is 0.368. The molecule has 33 heavy (non-hydrogen) atoms. The van der Waals surface area contributed by atoms with E-state index in [4.69, 9.17) is 13.9 Å². The van der Waals surface area contributed by atoms with Gasteiger partial charge in [-0.25, -0.2) is 4.39 Å². The van der Waals surface area contributed by atoms with Gasteiger partial charge in [0.05, 0.1) is 17.0 Å². The van der Waals surface area contributed by atoms with Crippen molar-refractivity contribution in [2.24, 2.45) is 0 Å². The summed E-state index contributed by atoms with van der Waals surface area (Å²) in [4.78, 5) is 28.5. The third-order valence-electron chi connectivity index (χ3n) is 6.11. The maximum Gasteiger partial charge on any atom is 0.291 e. The van der Waals surface area contributed by atoms with Gasteiger partial charge < -0.3 is 18.8 Å². The van der Waals surface area contributed by atoms with Crippen LogP contribution in [0.2, 0.25) is 0 Å². The molecule has 0 fully saturated rings. The SMILES string of the molecule is Cc1ccc2oc3c(c(=O)c2c1)C(c1ccccc1F)N(Cc1ccc2c(c1)OCO2)C3=O. The summed E-state index contributed by atoms with van der Waals surface area (Å²) < 4.78 is 31.7. The van der Waals surface area contributed by atoms with Crippen LogP contribution in [0.4, 0.5) is 4.39 Å². The molecular weight excluding hydrogens is 425 g/mol. The minimum Gasteiger partial charge on any atom is -0.454 e. The highest BCUT2D eigenvalue weighted by Gasteiger charge is 2.43. The monoisotopic (exact) mass is 443 g/mol. The second-order valence-corrected chi connectivity index (χ2v) is 8.22. The zero-order valence-electron chi connectivity index (χ0n) is 17.6. The van der Waals surface area contributed by atoms with Crippen molar-refractivity contribution in [2.75, 3.05) is 6.79 Å². The number of fused-ring (bicyclic) bond motifs is 3. The molecule has 3 aromatic carbocycles. The van der Waals surface area contributed by atoms with Crippen LogP contribution < -0.4 is 14.9 Å². The fraction of sp³-hybridized carbons (Fsp3) is 0.154. The van der Waals surface area contributed by atoms with E-state index >= 15 is 0 Å². The topological polar surface area (TPSA) is 69.0 Å². The minimum atomic E-state index is -0.916. The predicted molar refractivity (Wildman–Crippen MR) is 118 cm³/mol. The van der Waals surface area contributed by atoms with Gasteiger partial charge in [-0.05, 0) is 42.8 Å². The minimum absolute atomic E-state index is 0.0506. The number of nitrogens with zero attached hydrogens (tertiary/aromatic N) is 1. The number of aryl methyl sites for hydroxylation is 1. The van der Waals surface area contributed by atoms with Gasteiger partial charge in [-0.15, -0.1) is 0 Å². The van der Waals surface area contributed by atoms with E-state index in [1.807, 2.05) is 19.1 Å². The number of amides is 1. The molecule has 164 valence electrons. The van der Waals surface area contributed by atoms with Gasteiger partial charge in [0.2, 0.25) is 12.6 Å². The summed E-state index contributed by atoms with van der Waals surface area (Å²) in [6.45, 7) is 2.14. The number of carbonyl (C=O) groups excluding carboxylic acids is 1. The highest BCUT2D eigenvalue weighted by atomic mass is 19.1. The van der Waals surface area contributed by atoms with E-state index in [1.165, 1.54) is 11.0 Å². The van der Waals surface area contributed by atoms with Crippen molar-refractivity contribution >= 4 is 16.9 Å². The first-order chi connectivity index (χ1) is 16.0. The van der Waals surface area contributed by atoms with Crippen LogP contribution >= 0.6 is 0 Å². The lowest BCUT2D eigenvalue weighted by molar-refractivity contribution is 0.0712. The lowest BCUT2D eigenvalue weighted by atomic mass is 9.97. The van der Waals surface area contributed by atoms with Crippen LogP contribution in [0.15, 0.2) is 69.9 Å². The van der Waals surface area contributed by atoms with Crippen molar-refractivity contribution in [3.05, 3.63) is 105 Å². The molecule has 7 heteroatoms. The number of hydrogen-bond acceptors (Lipinski definition) is 5. The lowest BCUT2D eigenvalue weighted by Crippen LogP contribution is -2.29. The Bertz CT molecular complexity index is 1510. The summed E-state index contributed by atoms with van der Waals surface area (Å²) in [6.07, 6.45) is 0. The Morgan fingerprint density at radius 2 is 1.82 bits per heavy atom. The highest BCUT2D eigenvalue weighted by molar-refractivity contribution is 5.99. The normalized spacial score (nSPS) is 16.5. The maximum atomic E-state index is 15.0. The second kappa shape index (κ2) is 7.20. The van der Waals surface area contributed by atoms with Crippen LogP contribution in [0.3, 0.4) is 0 Å². The van der Waals surface area contributed by atoms with Crippen LogP contribution in [0.1, 0.15) is 38.9 Å². The molecule has 3 heterocycles. The molecule has 0 saturated carbocycles. The van der Waals surface area contributed by atoms with Crippen LogP contribution in [-0.2, 0) is 6.54 Å². The number of halogens is 1. The maximum absolute atomic E-state index is 15.0. The van der Waals surface area contributed by atoms with Gasteiger partial charge in [0.1, 0.15) is 11.4 Å². The first-order valence-corrected chi connectivity index (χ1v) is 10.5. The molecular formula is C26H18FNO5. The van der Waals surface area contributed by atoms with E-state index in [0.717, 1.165) is 11.1 Å². The van der Waals surface area contributed by atoms with E-state index < -0.39 is 17.8 Å². The van der Waals surface area contributed by atoms with E-state index in [0.29, 0.717) is 22.5 Å². The Kier molecular flexibility index (Phi) is 4.26. The zero-order chi connectivity index (χ0) is 22.7. The zero-order valence-corrected chi connectivity index (χ0v) is 17.6. The quantitative estimate of drug-likeness (QED) is 0.459. The van der Waals surface area contributed by atoms with Gasteiger partial charge >= 0.3 is 0 Å². The van der Waals surface area contributed by atoms with Gasteiger partial charge in [-0.1, -0.05) is 35.9 Å². The molecule has 1 aromatic heterocycles. The van der Waals surface area contributed by atoms with E-state index in [-0.39, 0.29) is 35.7 Å². The molecule has 1 amide bonds. The van der Waals surface area contributed by atoms with Crippen LogP contribution in [0.5, 0.6) is 11.5 Å². The van der Waals surface area contributed by atoms with E-state index in [2.05, 4.69) is 0 Å². The molecule has 6 nitrogen and oxygen atoms in total. The van der Waals surface area contributed by atoms with Gasteiger partial charge in [-0.2, -0.15) is 0 Å². The first-order valence-electron chi connectivity index (χ1n) is 10.5. The third kappa shape index (κ3) is 3.00. The van der Waals surface area contributed by atoms with E-state index in [1.54, 1.807) is 42.5 Å². The first kappa shape index (κ1) is 19.5. The van der Waals surface area contributed by atoms with Crippen molar-refractivity contribution in [1.82, 2.24) is 4.90 Å². The average Bonchev–Trinajstić information content (AvgIpc) is 3.38. The van der Waals surface area contributed by atoms with Crippen molar-refractivity contribution in [3.63, 3.8) is 0 Å². The number of rotatable bonds is 3. The van der Waals surface area contributed by atoms with Crippen molar-refractivity contribution in [2.45, 2.75) is 19.5 Å². The van der Waals surface area contributed by atoms with Crippen LogP contribution in [0, 0.1) is 12.7 Å². The Morgan fingerprint density at radius 3 is 2.67 bits per heavy atom. The summed E-state index contributed by atoms with van der Waals surface area (Å²) in [5.41, 5.74) is 2.04. The molecule has 0 saturated heterocycles. The summed E-state index contributed by atoms with van der Waals surface area (Å²) in [5.74, 6) is 0.192. The van der Waals surface area contributed by atoms with Crippen molar-refractivity contribution < 1.29 is 23.1 Å².